The highest BCUT2D eigenvalue weighted by atomic mass is 35.5. The number of halogens is 2. The van der Waals surface area contributed by atoms with Crippen LogP contribution >= 0.6 is 24.8 Å². The third kappa shape index (κ3) is 73.4. The summed E-state index contributed by atoms with van der Waals surface area (Å²) in [5.41, 5.74) is 0. The molecule has 0 amide bonds. The van der Waals surface area contributed by atoms with Crippen molar-refractivity contribution < 1.29 is 9.11 Å². The molecule has 0 unspecified atom stereocenters. The van der Waals surface area contributed by atoms with Gasteiger partial charge >= 0.3 is 0 Å². The maximum absolute atomic E-state index is 7.45. The lowest BCUT2D eigenvalue weighted by Crippen LogP contribution is -1.71. The first-order chi connectivity index (χ1) is 1.73. The Labute approximate surface area is 55.4 Å². The summed E-state index contributed by atoms with van der Waals surface area (Å²) in [6.45, 7) is 0. The Kier molecular flexibility index (Phi) is 24.7. The quantitative estimate of drug-likeness (QED) is 0.567. The maximum Gasteiger partial charge on any atom is 0.143 e. The summed E-state index contributed by atoms with van der Waals surface area (Å²) in [7, 11) is -1.78. The molecule has 6 heavy (non-hydrogen) atoms. The standard InChI is InChI=1S/2ClH.H2O2S2/c;;1-4(2)3/h2*1H;(H2,1,2,3). The van der Waals surface area contributed by atoms with Crippen molar-refractivity contribution in [3.05, 3.63) is 0 Å². The summed E-state index contributed by atoms with van der Waals surface area (Å²) in [6, 6.07) is 0. The Morgan fingerprint density at radius 1 is 1.17 bits per heavy atom. The van der Waals surface area contributed by atoms with Crippen LogP contribution in [0.3, 0.4) is 0 Å². The molecule has 42 valence electrons. The summed E-state index contributed by atoms with van der Waals surface area (Å²) >= 11 is 3.76. The van der Waals surface area contributed by atoms with Crippen molar-refractivity contribution in [1.82, 2.24) is 0 Å². The minimum absolute atomic E-state index is 0. The van der Waals surface area contributed by atoms with Crippen LogP contribution in [0.15, 0.2) is 0 Å². The molecule has 0 aromatic heterocycles. The van der Waals surface area contributed by atoms with E-state index in [0.29, 0.717) is 0 Å². The van der Waals surface area contributed by atoms with E-state index in [0.717, 1.165) is 0 Å². The van der Waals surface area contributed by atoms with Gasteiger partial charge in [0.1, 0.15) is 10.0 Å². The van der Waals surface area contributed by atoms with Crippen LogP contribution in [0.4, 0.5) is 0 Å². The van der Waals surface area contributed by atoms with E-state index in [4.69, 9.17) is 9.11 Å². The minimum Gasteiger partial charge on any atom is -0.306 e. The van der Waals surface area contributed by atoms with Crippen LogP contribution < -0.4 is 0 Å². The highest BCUT2D eigenvalue weighted by Gasteiger charge is 1.55. The van der Waals surface area contributed by atoms with Crippen molar-refractivity contribution >= 4 is 46.0 Å². The first-order valence-corrected chi connectivity index (χ1v) is 2.60. The van der Waals surface area contributed by atoms with Crippen molar-refractivity contribution in [3.63, 3.8) is 0 Å². The highest BCUT2D eigenvalue weighted by molar-refractivity contribution is 8.22. The Morgan fingerprint density at radius 3 is 1.17 bits per heavy atom. The largest absolute Gasteiger partial charge is 0.306 e. The van der Waals surface area contributed by atoms with Crippen LogP contribution in [-0.2, 0) is 21.2 Å². The van der Waals surface area contributed by atoms with Gasteiger partial charge in [-0.15, -0.1) is 24.8 Å². The molecule has 0 bridgehead atoms. The lowest BCUT2D eigenvalue weighted by atomic mass is 15.9. The van der Waals surface area contributed by atoms with Gasteiger partial charge in [0.05, 0.1) is 0 Å². The fourth-order valence-corrected chi connectivity index (χ4v) is 0. The van der Waals surface area contributed by atoms with Gasteiger partial charge in [0.15, 0.2) is 0 Å². The Hall–Kier alpha value is 1.07. The third-order valence-corrected chi connectivity index (χ3v) is 0. The van der Waals surface area contributed by atoms with Crippen molar-refractivity contribution in [1.29, 1.82) is 0 Å². The topological polar surface area (TPSA) is 40.5 Å². The first kappa shape index (κ1) is 15.7. The fraction of sp³-hybridized carbons (Fsp3) is 0. The molecule has 0 radical (unpaired) electrons. The molecule has 0 atom stereocenters. The minimum atomic E-state index is -1.78. The number of hydrogen-bond donors (Lipinski definition) is 2. The van der Waals surface area contributed by atoms with Crippen LogP contribution in [0.25, 0.3) is 0 Å². The predicted molar refractivity (Wildman–Crippen MR) is 34.5 cm³/mol. The molecule has 0 saturated carbocycles. The summed E-state index contributed by atoms with van der Waals surface area (Å²) in [5, 5.41) is 0. The van der Waals surface area contributed by atoms with Crippen molar-refractivity contribution in [3.8, 4) is 0 Å². The molecule has 0 aliphatic rings. The molecule has 0 spiro atoms. The summed E-state index contributed by atoms with van der Waals surface area (Å²) < 4.78 is 14.9. The summed E-state index contributed by atoms with van der Waals surface area (Å²) in [6.07, 6.45) is 0. The molecule has 0 saturated heterocycles. The second-order valence-electron chi connectivity index (χ2n) is 0.231. The van der Waals surface area contributed by atoms with Crippen molar-refractivity contribution in [2.24, 2.45) is 0 Å². The Balaban J connectivity index is -0.0000000450. The molecular formula is H4Cl2O2S2. The maximum atomic E-state index is 7.45. The fourth-order valence-electron chi connectivity index (χ4n) is 0. The Bertz CT molecular complexity index is 32.5. The van der Waals surface area contributed by atoms with E-state index < -0.39 is 10.0 Å². The first-order valence-electron chi connectivity index (χ1n) is 0.532. The number of hydrogen-bond acceptors (Lipinski definition) is 1. The average molecular weight is 171 g/mol. The zero-order chi connectivity index (χ0) is 3.58. The second kappa shape index (κ2) is 9.42. The van der Waals surface area contributed by atoms with E-state index in [1.165, 1.54) is 0 Å². The van der Waals surface area contributed by atoms with Gasteiger partial charge in [-0.25, -0.2) is 0 Å². The molecule has 0 aromatic rings. The van der Waals surface area contributed by atoms with Gasteiger partial charge in [0, 0.05) is 11.2 Å². The lowest BCUT2D eigenvalue weighted by Gasteiger charge is -1.65. The predicted octanol–water partition coefficient (Wildman–Crippen LogP) is 0.856. The van der Waals surface area contributed by atoms with Gasteiger partial charge in [-0.3, -0.25) is 0 Å². The normalized spacial score (nSPS) is 5.83. The van der Waals surface area contributed by atoms with E-state index in [2.05, 4.69) is 11.2 Å². The molecule has 0 aliphatic carbocycles. The van der Waals surface area contributed by atoms with Crippen LogP contribution in [0.5, 0.6) is 0 Å². The molecule has 0 heterocycles. The molecule has 0 aliphatic heterocycles. The summed E-state index contributed by atoms with van der Waals surface area (Å²) in [5.74, 6) is 0. The average Bonchev–Trinajstić information content (AvgIpc) is 0.811. The van der Waals surface area contributed by atoms with Gasteiger partial charge in [-0.2, -0.15) is 0 Å². The lowest BCUT2D eigenvalue weighted by molar-refractivity contribution is 0.529. The van der Waals surface area contributed by atoms with Gasteiger partial charge in [-0.1, -0.05) is 0 Å². The van der Waals surface area contributed by atoms with E-state index in [9.17, 15) is 0 Å². The van der Waals surface area contributed by atoms with E-state index >= 15 is 0 Å². The molecule has 0 rings (SSSR count). The van der Waals surface area contributed by atoms with Crippen LogP contribution in [0.1, 0.15) is 0 Å². The second-order valence-corrected chi connectivity index (χ2v) is 1.59. The smallest absolute Gasteiger partial charge is 0.143 e. The van der Waals surface area contributed by atoms with E-state index in [-0.39, 0.29) is 24.8 Å². The highest BCUT2D eigenvalue weighted by Crippen LogP contribution is 1.47. The molecule has 2 N–H and O–H groups in total. The zero-order valence-corrected chi connectivity index (χ0v) is 5.79. The van der Waals surface area contributed by atoms with E-state index in [1.807, 2.05) is 0 Å². The van der Waals surface area contributed by atoms with Gasteiger partial charge < -0.3 is 9.11 Å². The summed E-state index contributed by atoms with van der Waals surface area (Å²) in [4.78, 5) is 0. The zero-order valence-electron chi connectivity index (χ0n) is 2.53. The van der Waals surface area contributed by atoms with Gasteiger partial charge in [-0.05, 0) is 0 Å². The number of rotatable bonds is 0. The monoisotopic (exact) mass is 170 g/mol. The van der Waals surface area contributed by atoms with Crippen LogP contribution in [0.2, 0.25) is 0 Å². The third-order valence-electron chi connectivity index (χ3n) is 0. The van der Waals surface area contributed by atoms with Crippen molar-refractivity contribution in [2.75, 3.05) is 0 Å². The van der Waals surface area contributed by atoms with Gasteiger partial charge in [0.2, 0.25) is 0 Å². The molecule has 2 nitrogen and oxygen atoms in total. The van der Waals surface area contributed by atoms with E-state index in [1.54, 1.807) is 0 Å². The Morgan fingerprint density at radius 2 is 1.17 bits per heavy atom. The van der Waals surface area contributed by atoms with Gasteiger partial charge in [0.25, 0.3) is 0 Å². The molecule has 0 fully saturated rings. The van der Waals surface area contributed by atoms with Crippen LogP contribution in [0, 0.1) is 0 Å². The molecule has 6 heteroatoms. The SMILES string of the molecule is Cl.Cl.OS(O)=S. The van der Waals surface area contributed by atoms with Crippen molar-refractivity contribution in [2.45, 2.75) is 0 Å². The molecule has 0 aromatic carbocycles. The molecular weight excluding hydrogens is 167 g/mol. The van der Waals surface area contributed by atoms with Crippen LogP contribution in [-0.4, -0.2) is 9.11 Å².